The van der Waals surface area contributed by atoms with Gasteiger partial charge in [-0.25, -0.2) is 0 Å². The zero-order valence-electron chi connectivity index (χ0n) is 44.4. The van der Waals surface area contributed by atoms with Crippen LogP contribution in [0.25, 0.3) is 109 Å². The molecular formula is C77H52N2O. The molecule has 15 aromatic rings. The van der Waals surface area contributed by atoms with E-state index in [1.165, 1.54) is 81.7 Å². The average molecular weight is 1020 g/mol. The van der Waals surface area contributed by atoms with Crippen molar-refractivity contribution in [3.8, 4) is 33.4 Å². The minimum Gasteiger partial charge on any atom is -0.455 e. The summed E-state index contributed by atoms with van der Waals surface area (Å²) in [5, 5.41) is 14.6. The van der Waals surface area contributed by atoms with Gasteiger partial charge >= 0.3 is 0 Å². The fourth-order valence-electron chi connectivity index (χ4n) is 13.4. The molecule has 14 aromatic carbocycles. The lowest BCUT2D eigenvalue weighted by Crippen LogP contribution is -2.17. The van der Waals surface area contributed by atoms with Crippen molar-refractivity contribution in [3.05, 3.63) is 290 Å². The standard InChI is InChI=1S/C77H52N2O/c1-77(2)72-47-54(39-42-66(72)67-43-40-55(48-73(67)77)79(51-20-4-3-5-21-51)74-32-16-19-49-18-6-7-22-57(49)74)78(53-38-41-65-62-27-11-10-25-60(62)61-26-12-13-28-63(61)71(65)46-53)52-36-34-50(35-37-52)56-44-45-64(59-24-9-8-23-58(56)59)69-30-17-31-70-68-29-14-15-33-75(68)80-76(69)70/h3-48H,1-2H3. The molecule has 1 heterocycles. The second-order valence-electron chi connectivity index (χ2n) is 21.9. The van der Waals surface area contributed by atoms with E-state index in [9.17, 15) is 0 Å². The van der Waals surface area contributed by atoms with Crippen LogP contribution in [0.2, 0.25) is 0 Å². The number of rotatable bonds is 8. The molecule has 1 aromatic heterocycles. The quantitative estimate of drug-likeness (QED) is 0.141. The first-order chi connectivity index (χ1) is 39.4. The largest absolute Gasteiger partial charge is 0.455 e. The topological polar surface area (TPSA) is 19.6 Å². The van der Waals surface area contributed by atoms with Crippen molar-refractivity contribution >= 4 is 110 Å². The predicted octanol–water partition coefficient (Wildman–Crippen LogP) is 21.9. The minimum atomic E-state index is -0.311. The van der Waals surface area contributed by atoms with Crippen molar-refractivity contribution in [3.63, 3.8) is 0 Å². The van der Waals surface area contributed by atoms with Crippen LogP contribution in [0, 0.1) is 0 Å². The molecule has 0 atom stereocenters. The first-order valence-corrected chi connectivity index (χ1v) is 27.7. The first-order valence-electron chi connectivity index (χ1n) is 27.7. The molecule has 0 amide bonds. The van der Waals surface area contributed by atoms with Crippen LogP contribution in [-0.2, 0) is 5.41 Å². The number of nitrogens with zero attached hydrogens (tertiary/aromatic N) is 2. The lowest BCUT2D eigenvalue weighted by Gasteiger charge is -2.30. The molecule has 0 saturated carbocycles. The summed E-state index contributed by atoms with van der Waals surface area (Å²) >= 11 is 0. The van der Waals surface area contributed by atoms with Crippen LogP contribution in [0.1, 0.15) is 25.0 Å². The van der Waals surface area contributed by atoms with Gasteiger partial charge in [-0.15, -0.1) is 0 Å². The smallest absolute Gasteiger partial charge is 0.143 e. The van der Waals surface area contributed by atoms with Crippen LogP contribution in [0.15, 0.2) is 283 Å². The van der Waals surface area contributed by atoms with E-state index in [0.717, 1.165) is 72.8 Å². The van der Waals surface area contributed by atoms with Crippen molar-refractivity contribution in [1.82, 2.24) is 0 Å². The van der Waals surface area contributed by atoms with Gasteiger partial charge in [0.15, 0.2) is 0 Å². The Labute approximate surface area is 464 Å². The number of hydrogen-bond donors (Lipinski definition) is 0. The molecule has 0 saturated heterocycles. The van der Waals surface area contributed by atoms with Crippen molar-refractivity contribution in [2.45, 2.75) is 19.3 Å². The second kappa shape index (κ2) is 17.9. The molecule has 0 fully saturated rings. The molecule has 0 N–H and O–H groups in total. The van der Waals surface area contributed by atoms with Crippen molar-refractivity contribution < 1.29 is 4.42 Å². The van der Waals surface area contributed by atoms with Gasteiger partial charge in [0.05, 0.1) is 5.69 Å². The number of furan rings is 1. The highest BCUT2D eigenvalue weighted by Crippen LogP contribution is 2.53. The van der Waals surface area contributed by atoms with Crippen LogP contribution in [0.4, 0.5) is 34.1 Å². The van der Waals surface area contributed by atoms with Gasteiger partial charge in [-0.05, 0) is 160 Å². The normalized spacial score (nSPS) is 12.7. The highest BCUT2D eigenvalue weighted by molar-refractivity contribution is 6.26. The van der Waals surface area contributed by atoms with E-state index in [4.69, 9.17) is 4.42 Å². The lowest BCUT2D eigenvalue weighted by atomic mass is 9.82. The van der Waals surface area contributed by atoms with Crippen LogP contribution in [0.5, 0.6) is 0 Å². The van der Waals surface area contributed by atoms with Gasteiger partial charge in [0.2, 0.25) is 0 Å². The summed E-state index contributed by atoms with van der Waals surface area (Å²) in [7, 11) is 0. The zero-order chi connectivity index (χ0) is 53.1. The third kappa shape index (κ3) is 7.07. The Morgan fingerprint density at radius 3 is 1.44 bits per heavy atom. The van der Waals surface area contributed by atoms with E-state index in [-0.39, 0.29) is 5.41 Å². The number of anilines is 6. The maximum atomic E-state index is 6.58. The van der Waals surface area contributed by atoms with Crippen LogP contribution in [-0.4, -0.2) is 0 Å². The van der Waals surface area contributed by atoms with Gasteiger partial charge in [0.25, 0.3) is 0 Å². The van der Waals surface area contributed by atoms with E-state index in [2.05, 4.69) is 297 Å². The summed E-state index contributed by atoms with van der Waals surface area (Å²) in [6, 6.07) is 103. The van der Waals surface area contributed by atoms with E-state index in [1.54, 1.807) is 0 Å². The molecule has 0 bridgehead atoms. The summed E-state index contributed by atoms with van der Waals surface area (Å²) in [5.74, 6) is 0. The van der Waals surface area contributed by atoms with Gasteiger partial charge in [0, 0.05) is 55.6 Å². The van der Waals surface area contributed by atoms with Gasteiger partial charge in [-0.2, -0.15) is 0 Å². The maximum Gasteiger partial charge on any atom is 0.143 e. The monoisotopic (exact) mass is 1020 g/mol. The van der Waals surface area contributed by atoms with Crippen molar-refractivity contribution in [1.29, 1.82) is 0 Å². The Balaban J connectivity index is 0.833. The van der Waals surface area contributed by atoms with Crippen molar-refractivity contribution in [2.75, 3.05) is 9.80 Å². The molecule has 0 spiro atoms. The number of para-hydroxylation sites is 3. The van der Waals surface area contributed by atoms with Gasteiger partial charge in [-0.1, -0.05) is 220 Å². The Morgan fingerprint density at radius 1 is 0.275 bits per heavy atom. The van der Waals surface area contributed by atoms with Gasteiger partial charge in [-0.3, -0.25) is 0 Å². The Bertz CT molecular complexity index is 4950. The average Bonchev–Trinajstić information content (AvgIpc) is 4.22. The molecule has 3 nitrogen and oxygen atoms in total. The highest BCUT2D eigenvalue weighted by atomic mass is 16.3. The van der Waals surface area contributed by atoms with Crippen LogP contribution >= 0.6 is 0 Å². The summed E-state index contributed by atoms with van der Waals surface area (Å²) in [6.07, 6.45) is 0. The van der Waals surface area contributed by atoms with E-state index < -0.39 is 0 Å². The fraction of sp³-hybridized carbons (Fsp3) is 0.0390. The van der Waals surface area contributed by atoms with E-state index in [1.807, 2.05) is 6.07 Å². The maximum absolute atomic E-state index is 6.58. The molecular weight excluding hydrogens is 969 g/mol. The third-order valence-electron chi connectivity index (χ3n) is 17.2. The number of hydrogen-bond acceptors (Lipinski definition) is 3. The Hall–Kier alpha value is -10.2. The summed E-state index contributed by atoms with van der Waals surface area (Å²) in [4.78, 5) is 4.88. The van der Waals surface area contributed by atoms with Crippen molar-refractivity contribution in [2.24, 2.45) is 0 Å². The molecule has 1 aliphatic rings. The Morgan fingerprint density at radius 2 is 0.738 bits per heavy atom. The predicted molar refractivity (Wildman–Crippen MR) is 339 cm³/mol. The lowest BCUT2D eigenvalue weighted by molar-refractivity contribution is 0.660. The molecule has 16 rings (SSSR count). The highest BCUT2D eigenvalue weighted by Gasteiger charge is 2.37. The molecule has 80 heavy (non-hydrogen) atoms. The van der Waals surface area contributed by atoms with Gasteiger partial charge < -0.3 is 14.2 Å². The van der Waals surface area contributed by atoms with E-state index >= 15 is 0 Å². The molecule has 3 heteroatoms. The molecule has 1 aliphatic carbocycles. The van der Waals surface area contributed by atoms with E-state index in [0.29, 0.717) is 0 Å². The minimum absolute atomic E-state index is 0.311. The number of fused-ring (bicyclic) bond motifs is 14. The summed E-state index contributed by atoms with van der Waals surface area (Å²) < 4.78 is 6.58. The van der Waals surface area contributed by atoms with Crippen LogP contribution in [0.3, 0.4) is 0 Å². The molecule has 0 radical (unpaired) electrons. The Kier molecular flexibility index (Phi) is 10.3. The summed E-state index contributed by atoms with van der Waals surface area (Å²) in [5.41, 5.74) is 18.0. The zero-order valence-corrected chi connectivity index (χ0v) is 44.4. The third-order valence-corrected chi connectivity index (χ3v) is 17.2. The molecule has 0 unspecified atom stereocenters. The fourth-order valence-corrected chi connectivity index (χ4v) is 13.4. The van der Waals surface area contributed by atoms with Crippen LogP contribution < -0.4 is 9.80 Å². The number of benzene rings is 14. The SMILES string of the molecule is CC1(C)c2cc(N(c3ccc(-c4ccc(-c5cccc6c5oc5ccccc56)c5ccccc45)cc3)c3ccc4c5ccccc5c5ccccc5c4c3)ccc2-c2ccc(N(c3ccccc3)c3cccc4ccccc34)cc21. The molecule has 376 valence electrons. The summed E-state index contributed by atoms with van der Waals surface area (Å²) in [6.45, 7) is 4.80. The van der Waals surface area contributed by atoms with Gasteiger partial charge in [0.1, 0.15) is 11.2 Å². The first kappa shape index (κ1) is 45.9. The molecule has 0 aliphatic heterocycles. The second-order valence-corrected chi connectivity index (χ2v) is 21.9.